The van der Waals surface area contributed by atoms with Gasteiger partial charge in [0.2, 0.25) is 0 Å². The van der Waals surface area contributed by atoms with E-state index >= 15 is 0 Å². The van der Waals surface area contributed by atoms with Gasteiger partial charge in [-0.2, -0.15) is 5.10 Å². The molecule has 0 saturated heterocycles. The van der Waals surface area contributed by atoms with Crippen molar-refractivity contribution in [1.82, 2.24) is 19.6 Å². The van der Waals surface area contributed by atoms with Crippen LogP contribution in [0.5, 0.6) is 0 Å². The summed E-state index contributed by atoms with van der Waals surface area (Å²) in [6.45, 7) is 1.53. The molecular weight excluding hydrogens is 226 g/mol. The Morgan fingerprint density at radius 3 is 3.12 bits per heavy atom. The fourth-order valence-electron chi connectivity index (χ4n) is 1.48. The van der Waals surface area contributed by atoms with Gasteiger partial charge in [-0.25, -0.2) is 19.3 Å². The third-order valence-electron chi connectivity index (χ3n) is 2.30. The Kier molecular flexibility index (Phi) is 3.07. The molecule has 0 saturated carbocycles. The fraction of sp³-hybridized carbons (Fsp3) is 0.444. The van der Waals surface area contributed by atoms with Crippen LogP contribution in [0, 0.1) is 6.92 Å². The van der Waals surface area contributed by atoms with Crippen LogP contribution in [0.4, 0.5) is 5.82 Å². The number of fused-ring (bicyclic) bond motifs is 1. The minimum Gasteiger partial charge on any atom is -0.394 e. The smallest absolute Gasteiger partial charge is 0.349 e. The van der Waals surface area contributed by atoms with Crippen molar-refractivity contribution in [3.05, 3.63) is 22.4 Å². The SMILES string of the molecule is Cc1nc(NCC(O)CO)cc2n[nH]c(=O)n12. The highest BCUT2D eigenvalue weighted by molar-refractivity contribution is 5.49. The highest BCUT2D eigenvalue weighted by Crippen LogP contribution is 2.07. The summed E-state index contributed by atoms with van der Waals surface area (Å²) in [7, 11) is 0. The summed E-state index contributed by atoms with van der Waals surface area (Å²) < 4.78 is 1.34. The molecule has 0 aliphatic heterocycles. The summed E-state index contributed by atoms with van der Waals surface area (Å²) in [5, 5.41) is 26.8. The van der Waals surface area contributed by atoms with Crippen LogP contribution in [-0.4, -0.2) is 49.1 Å². The number of hydrogen-bond acceptors (Lipinski definition) is 6. The molecule has 0 amide bonds. The second kappa shape index (κ2) is 4.52. The molecule has 2 aromatic rings. The van der Waals surface area contributed by atoms with Crippen molar-refractivity contribution in [3.8, 4) is 0 Å². The number of H-pyrrole nitrogens is 1. The van der Waals surface area contributed by atoms with E-state index in [2.05, 4.69) is 20.5 Å². The van der Waals surface area contributed by atoms with Gasteiger partial charge in [-0.1, -0.05) is 0 Å². The van der Waals surface area contributed by atoms with Crippen LogP contribution in [0.1, 0.15) is 5.82 Å². The minimum atomic E-state index is -0.852. The fourth-order valence-corrected chi connectivity index (χ4v) is 1.48. The van der Waals surface area contributed by atoms with Crippen molar-refractivity contribution in [1.29, 1.82) is 0 Å². The van der Waals surface area contributed by atoms with E-state index in [-0.39, 0.29) is 18.8 Å². The molecule has 2 aromatic heterocycles. The quantitative estimate of drug-likeness (QED) is 0.515. The van der Waals surface area contributed by atoms with Crippen LogP contribution in [0.3, 0.4) is 0 Å². The molecule has 1 unspecified atom stereocenters. The van der Waals surface area contributed by atoms with E-state index in [1.54, 1.807) is 13.0 Å². The predicted molar refractivity (Wildman–Crippen MR) is 59.9 cm³/mol. The Bertz CT molecular complexity index is 576. The van der Waals surface area contributed by atoms with Gasteiger partial charge in [0, 0.05) is 12.6 Å². The summed E-state index contributed by atoms with van der Waals surface area (Å²) in [6.07, 6.45) is -0.852. The summed E-state index contributed by atoms with van der Waals surface area (Å²) in [6, 6.07) is 1.58. The van der Waals surface area contributed by atoms with Crippen molar-refractivity contribution in [2.75, 3.05) is 18.5 Å². The molecule has 0 bridgehead atoms. The second-order valence-corrected chi connectivity index (χ2v) is 3.63. The van der Waals surface area contributed by atoms with Gasteiger partial charge >= 0.3 is 5.69 Å². The third kappa shape index (κ3) is 2.27. The van der Waals surface area contributed by atoms with Gasteiger partial charge in [0.1, 0.15) is 11.6 Å². The molecule has 2 heterocycles. The molecule has 0 spiro atoms. The van der Waals surface area contributed by atoms with E-state index in [1.807, 2.05) is 0 Å². The number of hydrogen-bond donors (Lipinski definition) is 4. The lowest BCUT2D eigenvalue weighted by Crippen LogP contribution is -2.23. The zero-order chi connectivity index (χ0) is 12.4. The van der Waals surface area contributed by atoms with Gasteiger partial charge in [-0.05, 0) is 6.92 Å². The van der Waals surface area contributed by atoms with Gasteiger partial charge in [-0.3, -0.25) is 0 Å². The maximum absolute atomic E-state index is 11.3. The predicted octanol–water partition coefficient (Wildman–Crippen LogP) is -1.51. The van der Waals surface area contributed by atoms with Gasteiger partial charge in [0.25, 0.3) is 0 Å². The highest BCUT2D eigenvalue weighted by Gasteiger charge is 2.07. The van der Waals surface area contributed by atoms with Crippen LogP contribution in [-0.2, 0) is 0 Å². The number of nitrogens with one attached hydrogen (secondary N) is 2. The monoisotopic (exact) mass is 239 g/mol. The van der Waals surface area contributed by atoms with Crippen molar-refractivity contribution in [2.24, 2.45) is 0 Å². The van der Waals surface area contributed by atoms with Gasteiger partial charge in [0.05, 0.1) is 12.7 Å². The lowest BCUT2D eigenvalue weighted by molar-refractivity contribution is 0.105. The van der Waals surface area contributed by atoms with Crippen molar-refractivity contribution >= 4 is 11.5 Å². The number of aliphatic hydroxyl groups is 2. The topological polar surface area (TPSA) is 116 Å². The maximum Gasteiger partial charge on any atom is 0.349 e. The van der Waals surface area contributed by atoms with Crippen LogP contribution in [0.25, 0.3) is 5.65 Å². The first kappa shape index (κ1) is 11.6. The average Bonchev–Trinajstić information content (AvgIpc) is 2.68. The summed E-state index contributed by atoms with van der Waals surface area (Å²) in [4.78, 5) is 15.5. The Hall–Kier alpha value is -1.93. The van der Waals surface area contributed by atoms with Gasteiger partial charge in [-0.15, -0.1) is 0 Å². The molecular formula is C9H13N5O3. The van der Waals surface area contributed by atoms with E-state index in [0.29, 0.717) is 17.3 Å². The summed E-state index contributed by atoms with van der Waals surface area (Å²) >= 11 is 0. The number of aryl methyl sites for hydroxylation is 1. The van der Waals surface area contributed by atoms with Crippen LogP contribution >= 0.6 is 0 Å². The molecule has 17 heavy (non-hydrogen) atoms. The van der Waals surface area contributed by atoms with Gasteiger partial charge < -0.3 is 15.5 Å². The third-order valence-corrected chi connectivity index (χ3v) is 2.30. The first-order chi connectivity index (χ1) is 8.11. The largest absolute Gasteiger partial charge is 0.394 e. The number of rotatable bonds is 4. The Morgan fingerprint density at radius 1 is 1.65 bits per heavy atom. The first-order valence-corrected chi connectivity index (χ1v) is 5.09. The van der Waals surface area contributed by atoms with Crippen molar-refractivity contribution in [3.63, 3.8) is 0 Å². The number of nitrogens with zero attached hydrogens (tertiary/aromatic N) is 3. The second-order valence-electron chi connectivity index (χ2n) is 3.63. The highest BCUT2D eigenvalue weighted by atomic mass is 16.3. The number of aliphatic hydroxyl groups excluding tert-OH is 2. The first-order valence-electron chi connectivity index (χ1n) is 5.09. The number of anilines is 1. The molecule has 0 aliphatic carbocycles. The zero-order valence-corrected chi connectivity index (χ0v) is 9.21. The van der Waals surface area contributed by atoms with Crippen LogP contribution in [0.2, 0.25) is 0 Å². The molecule has 0 fully saturated rings. The standard InChI is InChI=1S/C9H13N5O3/c1-5-11-7(10-3-6(16)4-15)2-8-12-13-9(17)14(5)8/h2,6,10,15-16H,3-4H2,1H3,(H,13,17). The Balaban J connectivity index is 2.28. The molecule has 8 heteroatoms. The van der Waals surface area contributed by atoms with E-state index in [4.69, 9.17) is 5.11 Å². The average molecular weight is 239 g/mol. The molecule has 0 radical (unpaired) electrons. The zero-order valence-electron chi connectivity index (χ0n) is 9.21. The molecule has 0 aliphatic rings. The van der Waals surface area contributed by atoms with Crippen molar-refractivity contribution < 1.29 is 10.2 Å². The summed E-state index contributed by atoms with van der Waals surface area (Å²) in [5.74, 6) is 0.976. The van der Waals surface area contributed by atoms with Gasteiger partial charge in [0.15, 0.2) is 5.65 Å². The minimum absolute atomic E-state index is 0.174. The summed E-state index contributed by atoms with van der Waals surface area (Å²) in [5.41, 5.74) is 0.107. The lowest BCUT2D eigenvalue weighted by Gasteiger charge is -2.10. The molecule has 8 nitrogen and oxygen atoms in total. The van der Waals surface area contributed by atoms with E-state index in [9.17, 15) is 9.90 Å². The lowest BCUT2D eigenvalue weighted by atomic mass is 10.4. The molecule has 92 valence electrons. The van der Waals surface area contributed by atoms with E-state index in [0.717, 1.165) is 0 Å². The molecule has 1 atom stereocenters. The number of aromatic amines is 1. The van der Waals surface area contributed by atoms with Crippen LogP contribution < -0.4 is 11.0 Å². The van der Waals surface area contributed by atoms with Crippen molar-refractivity contribution in [2.45, 2.75) is 13.0 Å². The number of aromatic nitrogens is 4. The molecule has 2 rings (SSSR count). The van der Waals surface area contributed by atoms with E-state index in [1.165, 1.54) is 4.40 Å². The Labute approximate surface area is 95.9 Å². The molecule has 0 aromatic carbocycles. The maximum atomic E-state index is 11.3. The normalized spacial score (nSPS) is 12.9. The Morgan fingerprint density at radius 2 is 2.41 bits per heavy atom. The van der Waals surface area contributed by atoms with E-state index < -0.39 is 6.10 Å². The van der Waals surface area contributed by atoms with Crippen LogP contribution in [0.15, 0.2) is 10.9 Å². The molecule has 4 N–H and O–H groups in total.